The molecule has 2 rings (SSSR count). The fourth-order valence-corrected chi connectivity index (χ4v) is 2.31. The summed E-state index contributed by atoms with van der Waals surface area (Å²) in [5, 5.41) is 1.96. The van der Waals surface area contributed by atoms with Crippen molar-refractivity contribution < 1.29 is 23.2 Å². The molecule has 0 spiro atoms. The van der Waals surface area contributed by atoms with Gasteiger partial charge in [-0.25, -0.2) is 19.3 Å². The van der Waals surface area contributed by atoms with Gasteiger partial charge in [-0.3, -0.25) is 8.92 Å². The van der Waals surface area contributed by atoms with Crippen LogP contribution in [0.5, 0.6) is 0 Å². The van der Waals surface area contributed by atoms with Crippen molar-refractivity contribution in [2.75, 3.05) is 6.61 Å². The molecule has 112 valence electrons. The van der Waals surface area contributed by atoms with Crippen molar-refractivity contribution in [1.82, 2.24) is 19.6 Å². The van der Waals surface area contributed by atoms with Crippen molar-refractivity contribution in [3.8, 4) is 0 Å². The first-order valence-corrected chi connectivity index (χ1v) is 7.44. The molecule has 0 aliphatic carbocycles. The zero-order valence-corrected chi connectivity index (χ0v) is 12.0. The molecule has 2 heterocycles. The Kier molecular flexibility index (Phi) is 4.69. The van der Waals surface area contributed by atoms with Gasteiger partial charge in [-0.1, -0.05) is 6.58 Å². The number of imidazole rings is 1. The van der Waals surface area contributed by atoms with Crippen LogP contribution in [-0.2, 0) is 18.5 Å². The molecular weight excluding hydrogens is 299 g/mol. The third kappa shape index (κ3) is 3.66. The van der Waals surface area contributed by atoms with Gasteiger partial charge in [0.05, 0.1) is 12.9 Å². The van der Waals surface area contributed by atoms with E-state index in [0.717, 1.165) is 6.26 Å². The van der Waals surface area contributed by atoms with Gasteiger partial charge in [-0.2, -0.15) is 0 Å². The second-order valence-electron chi connectivity index (χ2n) is 3.62. The lowest BCUT2D eigenvalue weighted by Crippen LogP contribution is -2.19. The highest BCUT2D eigenvalue weighted by atomic mass is 31.2. The van der Waals surface area contributed by atoms with Crippen LogP contribution in [0.3, 0.4) is 0 Å². The average Bonchev–Trinajstić information content (AvgIpc) is 2.89. The summed E-state index contributed by atoms with van der Waals surface area (Å²) in [6.45, 7) is 4.96. The molecule has 1 unspecified atom stereocenters. The maximum Gasteiger partial charge on any atom is 0.490 e. The first-order valence-electron chi connectivity index (χ1n) is 5.90. The van der Waals surface area contributed by atoms with Gasteiger partial charge in [0.1, 0.15) is 0 Å². The third-order valence-electron chi connectivity index (χ3n) is 2.21. The van der Waals surface area contributed by atoms with Crippen LogP contribution < -0.4 is 5.25 Å². The van der Waals surface area contributed by atoms with Crippen LogP contribution in [0.15, 0.2) is 37.5 Å². The zero-order chi connectivity index (χ0) is 15.3. The predicted molar refractivity (Wildman–Crippen MR) is 72.1 cm³/mol. The molecule has 1 N–H and O–H groups in total. The molecule has 0 amide bonds. The number of carbonyl (C=O) groups is 1. The van der Waals surface area contributed by atoms with Crippen molar-refractivity contribution in [2.24, 2.45) is 0 Å². The smallest absolute Gasteiger partial charge is 0.420 e. The topological polar surface area (TPSA) is 104 Å². The number of aromatic nitrogens is 3. The van der Waals surface area contributed by atoms with Crippen LogP contribution in [0, 0.1) is 0 Å². The van der Waals surface area contributed by atoms with Crippen LogP contribution in [0.4, 0.5) is 0 Å². The van der Waals surface area contributed by atoms with E-state index in [1.165, 1.54) is 12.4 Å². The number of carbonyl (C=O) groups excluding carboxylic acids is 1. The molecule has 0 radical (unpaired) electrons. The Morgan fingerprint density at radius 1 is 1.62 bits per heavy atom. The van der Waals surface area contributed by atoms with Gasteiger partial charge in [-0.15, -0.1) is 0 Å². The molecule has 0 aliphatic rings. The van der Waals surface area contributed by atoms with Crippen LogP contribution in [0.25, 0.3) is 5.78 Å². The SMILES string of the molecule is C=COP(=O)(NOC(=O)c1cn2cccnc2n1)OCC. The van der Waals surface area contributed by atoms with Crippen molar-refractivity contribution in [3.05, 3.63) is 43.2 Å². The van der Waals surface area contributed by atoms with Gasteiger partial charge in [0.15, 0.2) is 5.69 Å². The van der Waals surface area contributed by atoms with Crippen molar-refractivity contribution in [3.63, 3.8) is 0 Å². The second kappa shape index (κ2) is 6.49. The molecular formula is C11H13N4O5P. The third-order valence-corrected chi connectivity index (χ3v) is 3.55. The lowest BCUT2D eigenvalue weighted by Gasteiger charge is -2.15. The highest BCUT2D eigenvalue weighted by molar-refractivity contribution is 7.51. The molecule has 2 aromatic rings. The van der Waals surface area contributed by atoms with Gasteiger partial charge in [0, 0.05) is 18.6 Å². The summed E-state index contributed by atoms with van der Waals surface area (Å²) < 4.78 is 23.1. The quantitative estimate of drug-likeness (QED) is 0.468. The monoisotopic (exact) mass is 312 g/mol. The van der Waals surface area contributed by atoms with Crippen LogP contribution in [0.2, 0.25) is 0 Å². The molecule has 2 aromatic heterocycles. The molecule has 0 aromatic carbocycles. The summed E-state index contributed by atoms with van der Waals surface area (Å²) in [6.07, 6.45) is 5.56. The van der Waals surface area contributed by atoms with E-state index in [1.54, 1.807) is 23.6 Å². The van der Waals surface area contributed by atoms with Crippen LogP contribution in [0.1, 0.15) is 17.4 Å². The number of nitrogens with zero attached hydrogens (tertiary/aromatic N) is 3. The van der Waals surface area contributed by atoms with Gasteiger partial charge >= 0.3 is 13.7 Å². The fraction of sp³-hybridized carbons (Fsp3) is 0.182. The van der Waals surface area contributed by atoms with Crippen LogP contribution >= 0.6 is 7.75 Å². The molecule has 0 saturated heterocycles. The molecule has 1 atom stereocenters. The van der Waals surface area contributed by atoms with Crippen molar-refractivity contribution in [2.45, 2.75) is 6.92 Å². The Hall–Kier alpha value is -2.22. The van der Waals surface area contributed by atoms with E-state index in [9.17, 15) is 9.36 Å². The van der Waals surface area contributed by atoms with E-state index in [4.69, 9.17) is 4.52 Å². The molecule has 0 bridgehead atoms. The molecule has 0 fully saturated rings. The van der Waals surface area contributed by atoms with E-state index in [1.807, 2.05) is 5.25 Å². The van der Waals surface area contributed by atoms with Gasteiger partial charge < -0.3 is 9.36 Å². The Morgan fingerprint density at radius 3 is 3.10 bits per heavy atom. The number of nitrogens with one attached hydrogen (secondary N) is 1. The predicted octanol–water partition coefficient (Wildman–Crippen LogP) is 1.70. The standard InChI is InChI=1S/C11H13N4O5P/c1-3-18-21(17,19-4-2)14-20-10(16)9-8-15-7-5-6-12-11(15)13-9/h3,5-8H,1,4H2,2H3,(H,14,17). The maximum atomic E-state index is 12.0. The number of hydrogen-bond donors (Lipinski definition) is 1. The normalized spacial score (nSPS) is 13.6. The first-order chi connectivity index (χ1) is 10.1. The summed E-state index contributed by atoms with van der Waals surface area (Å²) in [7, 11) is -3.79. The number of fused-ring (bicyclic) bond motifs is 1. The summed E-state index contributed by atoms with van der Waals surface area (Å²) >= 11 is 0. The van der Waals surface area contributed by atoms with E-state index in [0.29, 0.717) is 5.78 Å². The number of rotatable bonds is 7. The molecule has 0 aliphatic heterocycles. The van der Waals surface area contributed by atoms with E-state index in [-0.39, 0.29) is 12.3 Å². The summed E-state index contributed by atoms with van der Waals surface area (Å²) in [5.41, 5.74) is -0.0112. The minimum atomic E-state index is -3.79. The minimum absolute atomic E-state index is 0.0112. The van der Waals surface area contributed by atoms with Gasteiger partial charge in [0.25, 0.3) is 0 Å². The summed E-state index contributed by atoms with van der Waals surface area (Å²) in [6, 6.07) is 1.68. The van der Waals surface area contributed by atoms with Gasteiger partial charge in [0.2, 0.25) is 5.78 Å². The molecule has 9 nitrogen and oxygen atoms in total. The fourth-order valence-electron chi connectivity index (χ4n) is 1.42. The zero-order valence-electron chi connectivity index (χ0n) is 11.1. The Morgan fingerprint density at radius 2 is 2.43 bits per heavy atom. The average molecular weight is 312 g/mol. The summed E-state index contributed by atoms with van der Waals surface area (Å²) in [4.78, 5) is 24.4. The molecule has 21 heavy (non-hydrogen) atoms. The Bertz CT molecular complexity index is 668. The van der Waals surface area contributed by atoms with E-state index >= 15 is 0 Å². The second-order valence-corrected chi connectivity index (χ2v) is 5.27. The largest absolute Gasteiger partial charge is 0.490 e. The van der Waals surface area contributed by atoms with Crippen molar-refractivity contribution in [1.29, 1.82) is 0 Å². The lowest BCUT2D eigenvalue weighted by molar-refractivity contribution is 0.0332. The molecule has 10 heteroatoms. The lowest BCUT2D eigenvalue weighted by atomic mass is 10.5. The number of hydrogen-bond acceptors (Lipinski definition) is 7. The maximum absolute atomic E-state index is 12.0. The van der Waals surface area contributed by atoms with Crippen molar-refractivity contribution >= 4 is 19.5 Å². The van der Waals surface area contributed by atoms with E-state index < -0.39 is 13.7 Å². The highest BCUT2D eigenvalue weighted by Crippen LogP contribution is 2.43. The highest BCUT2D eigenvalue weighted by Gasteiger charge is 2.27. The summed E-state index contributed by atoms with van der Waals surface area (Å²) in [5.74, 6) is -0.520. The van der Waals surface area contributed by atoms with E-state index in [2.05, 4.69) is 25.9 Å². The van der Waals surface area contributed by atoms with Gasteiger partial charge in [-0.05, 0) is 18.2 Å². The van der Waals surface area contributed by atoms with Crippen LogP contribution in [-0.4, -0.2) is 26.9 Å². The Balaban J connectivity index is 2.06. The Labute approximate surface area is 120 Å². The molecule has 0 saturated carbocycles. The minimum Gasteiger partial charge on any atom is -0.420 e. The first kappa shape index (κ1) is 15.2.